The maximum Gasteiger partial charge on any atom is 0.205 e. The molecule has 3 rings (SSSR count). The zero-order valence-electron chi connectivity index (χ0n) is 14.6. The van der Waals surface area contributed by atoms with Crippen molar-refractivity contribution < 1.29 is 71.3 Å². The molecule has 0 aliphatic heterocycles. The predicted octanol–water partition coefficient (Wildman–Crippen LogP) is 0.898. The summed E-state index contributed by atoms with van der Waals surface area (Å²) < 4.78 is 62.3. The molecule has 14 heteroatoms. The van der Waals surface area contributed by atoms with Gasteiger partial charge in [0.05, 0.1) is 17.1 Å². The molecule has 0 amide bonds. The minimum Gasteiger partial charge on any atom is -0.372 e. The van der Waals surface area contributed by atoms with Crippen molar-refractivity contribution in [2.75, 3.05) is 0 Å². The molecule has 3 atom stereocenters. The van der Waals surface area contributed by atoms with Crippen LogP contribution in [0.5, 0.6) is 0 Å². The van der Waals surface area contributed by atoms with E-state index in [1.54, 1.807) is 0 Å². The maximum atomic E-state index is 11.6. The zero-order valence-corrected chi connectivity index (χ0v) is 19.3. The van der Waals surface area contributed by atoms with E-state index in [0.717, 1.165) is 0 Å². The number of nitrogens with zero attached hydrogens (tertiary/aromatic N) is 3. The summed E-state index contributed by atoms with van der Waals surface area (Å²) in [5.41, 5.74) is -2.77. The first-order chi connectivity index (χ1) is 13.7. The van der Waals surface area contributed by atoms with Gasteiger partial charge in [-0.2, -0.15) is 0 Å². The van der Waals surface area contributed by atoms with Gasteiger partial charge in [-0.25, -0.2) is 27.6 Å². The van der Waals surface area contributed by atoms with Gasteiger partial charge in [-0.1, -0.05) is 18.2 Å². The molecule has 0 bridgehead atoms. The molecular formula is C16H13GdN3O7S3. The van der Waals surface area contributed by atoms with E-state index < -0.39 is 38.8 Å². The van der Waals surface area contributed by atoms with Crippen LogP contribution >= 0.6 is 0 Å². The molecule has 0 spiro atoms. The summed E-state index contributed by atoms with van der Waals surface area (Å²) in [6.07, 6.45) is 0. The Hall–Kier alpha value is -0.935. The largest absolute Gasteiger partial charge is 0.372 e. The smallest absolute Gasteiger partial charge is 0.205 e. The number of aliphatic hydroxyl groups is 1. The van der Waals surface area contributed by atoms with Crippen molar-refractivity contribution in [3.63, 3.8) is 0 Å². The Kier molecular flexibility index (Phi) is 8.94. The summed E-state index contributed by atoms with van der Waals surface area (Å²) in [6.45, 7) is 0. The Morgan fingerprint density at radius 1 is 0.600 bits per heavy atom. The van der Waals surface area contributed by atoms with E-state index in [-0.39, 0.29) is 72.1 Å². The first-order valence-corrected chi connectivity index (χ1v) is 11.0. The molecule has 0 aliphatic carbocycles. The average Bonchev–Trinajstić information content (AvgIpc) is 2.73. The summed E-state index contributed by atoms with van der Waals surface area (Å²) in [4.78, 5) is 12.0. The minimum atomic E-state index is -2.45. The monoisotopic (exact) mass is 613 g/mol. The third-order valence-electron chi connectivity index (χ3n) is 3.82. The minimum absolute atomic E-state index is 0. The zero-order chi connectivity index (χ0) is 21.2. The Labute approximate surface area is 210 Å². The molecule has 0 aliphatic rings. The summed E-state index contributed by atoms with van der Waals surface area (Å²) >= 11 is -7.35. The van der Waals surface area contributed by atoms with Crippen LogP contribution in [0.15, 0.2) is 69.7 Å². The molecule has 3 aromatic heterocycles. The molecule has 0 radical (unpaired) electrons. The van der Waals surface area contributed by atoms with Gasteiger partial charge < -0.3 is 18.8 Å². The van der Waals surface area contributed by atoms with Crippen molar-refractivity contribution in [1.82, 2.24) is 15.0 Å². The fraction of sp³-hybridized carbons (Fsp3) is 0.0625. The van der Waals surface area contributed by atoms with Crippen LogP contribution in [-0.4, -0.2) is 46.3 Å². The molecule has 10 nitrogen and oxygen atoms in total. The first kappa shape index (κ1) is 25.3. The maximum absolute atomic E-state index is 11.6. The molecule has 0 aromatic carbocycles. The van der Waals surface area contributed by atoms with Gasteiger partial charge in [0.25, 0.3) is 0 Å². The van der Waals surface area contributed by atoms with E-state index >= 15 is 0 Å². The third-order valence-corrected chi connectivity index (χ3v) is 5.57. The van der Waals surface area contributed by atoms with Gasteiger partial charge in [0, 0.05) is 39.9 Å². The first-order valence-electron chi connectivity index (χ1n) is 7.71. The Morgan fingerprint density at radius 2 is 0.867 bits per heavy atom. The van der Waals surface area contributed by atoms with Gasteiger partial charge in [-0.05, 0) is 36.4 Å². The standard InChI is InChI=1S/C16H13N3O7S3.Gd/c20-16(10-4-1-7-13(17-10)27(21)22,11-5-2-8-14(18-11)28(23)24)12-6-3-9-15(19-12)29(25)26;/h1-9,20H,(H,21,22)(H,23,24)(H,25,26);. The number of pyridine rings is 3. The second kappa shape index (κ2) is 10.6. The molecule has 0 saturated heterocycles. The number of rotatable bonds is 6. The Morgan fingerprint density at radius 3 is 1.10 bits per heavy atom. The van der Waals surface area contributed by atoms with E-state index in [1.807, 2.05) is 0 Å². The third kappa shape index (κ3) is 5.27. The molecule has 160 valence electrons. The molecule has 0 saturated carbocycles. The predicted molar refractivity (Wildman–Crippen MR) is 102 cm³/mol. The van der Waals surface area contributed by atoms with Gasteiger partial charge >= 0.3 is 0 Å². The van der Waals surface area contributed by atoms with E-state index in [1.165, 1.54) is 54.6 Å². The van der Waals surface area contributed by atoms with E-state index in [0.29, 0.717) is 0 Å². The number of aromatic nitrogens is 3. The second-order valence-corrected chi connectivity index (χ2v) is 8.29. The topological polar surface area (TPSA) is 171 Å². The normalized spacial score (nSPS) is 16.0. The number of hydrogen-bond acceptors (Lipinski definition) is 7. The molecule has 4 N–H and O–H groups in total. The van der Waals surface area contributed by atoms with Crippen LogP contribution in [0.2, 0.25) is 0 Å². The van der Waals surface area contributed by atoms with Gasteiger partial charge in [-0.3, -0.25) is 0 Å². The summed E-state index contributed by atoms with van der Waals surface area (Å²) in [5.74, 6) is 0. The van der Waals surface area contributed by atoms with Crippen molar-refractivity contribution in [1.29, 1.82) is 0 Å². The molecular weight excluding hydrogens is 600 g/mol. The summed E-state index contributed by atoms with van der Waals surface area (Å²) in [7, 11) is 0. The van der Waals surface area contributed by atoms with Crippen LogP contribution in [0.3, 0.4) is 0 Å². The van der Waals surface area contributed by atoms with Gasteiger partial charge in [0.1, 0.15) is 0 Å². The van der Waals surface area contributed by atoms with Gasteiger partial charge in [-0.15, -0.1) is 0 Å². The SMILES string of the molecule is O=S(O)c1cccc(C(O)(c2cccc(S(=O)O)n2)c2cccc(S(=O)O)n2)n1.[Gd]. The van der Waals surface area contributed by atoms with Crippen molar-refractivity contribution >= 4 is 33.2 Å². The van der Waals surface area contributed by atoms with E-state index in [9.17, 15) is 31.4 Å². The summed E-state index contributed by atoms with van der Waals surface area (Å²) in [6, 6.07) is 11.9. The van der Waals surface area contributed by atoms with Crippen LogP contribution in [-0.2, 0) is 38.8 Å². The van der Waals surface area contributed by atoms with E-state index in [2.05, 4.69) is 15.0 Å². The fourth-order valence-electron chi connectivity index (χ4n) is 2.53. The molecule has 3 aromatic rings. The quantitative estimate of drug-likeness (QED) is 0.293. The summed E-state index contributed by atoms with van der Waals surface area (Å²) in [5, 5.41) is 10.8. The molecule has 0 fully saturated rings. The Balaban J connectivity index is 0.00000320. The Bertz CT molecular complexity index is 1010. The molecule has 30 heavy (non-hydrogen) atoms. The van der Waals surface area contributed by atoms with Gasteiger partial charge in [0.15, 0.2) is 20.7 Å². The average molecular weight is 613 g/mol. The van der Waals surface area contributed by atoms with Crippen LogP contribution in [0.1, 0.15) is 17.1 Å². The van der Waals surface area contributed by atoms with Crippen LogP contribution in [0, 0.1) is 39.9 Å². The van der Waals surface area contributed by atoms with Crippen molar-refractivity contribution in [2.45, 2.75) is 20.7 Å². The van der Waals surface area contributed by atoms with Crippen LogP contribution in [0.25, 0.3) is 0 Å². The van der Waals surface area contributed by atoms with Crippen molar-refractivity contribution in [3.8, 4) is 0 Å². The second-order valence-electron chi connectivity index (χ2n) is 5.54. The van der Waals surface area contributed by atoms with Crippen molar-refractivity contribution in [2.24, 2.45) is 0 Å². The van der Waals surface area contributed by atoms with Gasteiger partial charge in [0.2, 0.25) is 33.2 Å². The van der Waals surface area contributed by atoms with Crippen LogP contribution < -0.4 is 0 Å². The fourth-order valence-corrected chi connectivity index (χ4v) is 3.65. The van der Waals surface area contributed by atoms with Crippen LogP contribution in [0.4, 0.5) is 0 Å². The number of hydrogen-bond donors (Lipinski definition) is 4. The van der Waals surface area contributed by atoms with E-state index in [4.69, 9.17) is 0 Å². The van der Waals surface area contributed by atoms with Crippen molar-refractivity contribution in [3.05, 3.63) is 71.7 Å². The molecule has 3 unspecified atom stereocenters. The molecule has 3 heterocycles.